The molecule has 0 saturated heterocycles. The lowest BCUT2D eigenvalue weighted by Gasteiger charge is -2.29. The van der Waals surface area contributed by atoms with Gasteiger partial charge in [0.25, 0.3) is 0 Å². The van der Waals surface area contributed by atoms with Crippen LogP contribution < -0.4 is 5.32 Å². The minimum absolute atomic E-state index is 0.00442. The molecule has 2 aliphatic carbocycles. The van der Waals surface area contributed by atoms with Crippen molar-refractivity contribution in [2.75, 3.05) is 6.61 Å². The second-order valence-electron chi connectivity index (χ2n) is 7.31. The van der Waals surface area contributed by atoms with Crippen molar-refractivity contribution in [1.82, 2.24) is 5.32 Å². The smallest absolute Gasteiger partial charge is 0.407 e. The Hall–Kier alpha value is -2.82. The van der Waals surface area contributed by atoms with Crippen LogP contribution in [0.1, 0.15) is 42.7 Å². The molecule has 0 aromatic heterocycles. The number of benzene rings is 2. The van der Waals surface area contributed by atoms with Gasteiger partial charge < -0.3 is 15.2 Å². The summed E-state index contributed by atoms with van der Waals surface area (Å²) in [5.74, 6) is -1.37. The van der Waals surface area contributed by atoms with E-state index < -0.39 is 18.0 Å². The Kier molecular flexibility index (Phi) is 4.84. The van der Waals surface area contributed by atoms with Crippen LogP contribution in [-0.2, 0) is 9.53 Å². The maximum Gasteiger partial charge on any atom is 0.407 e. The molecule has 2 aromatic carbocycles. The minimum Gasteiger partial charge on any atom is -0.481 e. The number of aliphatic carboxylic acids is 1. The van der Waals surface area contributed by atoms with E-state index in [9.17, 15) is 14.7 Å². The first kappa shape index (κ1) is 17.6. The van der Waals surface area contributed by atoms with Crippen molar-refractivity contribution in [2.24, 2.45) is 5.92 Å². The Morgan fingerprint density at radius 3 is 2.19 bits per heavy atom. The van der Waals surface area contributed by atoms with Crippen molar-refractivity contribution >= 4 is 12.1 Å². The van der Waals surface area contributed by atoms with Crippen LogP contribution in [0.25, 0.3) is 11.1 Å². The first-order valence-corrected chi connectivity index (χ1v) is 9.49. The number of carbonyl (C=O) groups is 2. The molecule has 140 valence electrons. The molecule has 0 unspecified atom stereocenters. The summed E-state index contributed by atoms with van der Waals surface area (Å²) >= 11 is 0. The Balaban J connectivity index is 1.44. The Morgan fingerprint density at radius 1 is 0.963 bits per heavy atom. The van der Waals surface area contributed by atoms with Crippen LogP contribution in [0.4, 0.5) is 4.79 Å². The van der Waals surface area contributed by atoms with E-state index in [0.717, 1.165) is 24.0 Å². The van der Waals surface area contributed by atoms with Crippen molar-refractivity contribution in [3.05, 3.63) is 59.7 Å². The minimum atomic E-state index is -0.848. The molecule has 2 aliphatic rings. The Labute approximate surface area is 158 Å². The van der Waals surface area contributed by atoms with Crippen molar-refractivity contribution in [1.29, 1.82) is 0 Å². The highest BCUT2D eigenvalue weighted by Gasteiger charge is 2.33. The third kappa shape index (κ3) is 3.42. The monoisotopic (exact) mass is 365 g/mol. The quantitative estimate of drug-likeness (QED) is 0.853. The Bertz CT molecular complexity index is 817. The van der Waals surface area contributed by atoms with E-state index in [0.29, 0.717) is 12.8 Å². The summed E-state index contributed by atoms with van der Waals surface area (Å²) in [7, 11) is 0. The van der Waals surface area contributed by atoms with Crippen molar-refractivity contribution in [3.63, 3.8) is 0 Å². The number of hydrogen-bond donors (Lipinski definition) is 2. The summed E-state index contributed by atoms with van der Waals surface area (Å²) in [4.78, 5) is 23.7. The molecule has 2 atom stereocenters. The number of nitrogens with one attached hydrogen (secondary N) is 1. The van der Waals surface area contributed by atoms with Gasteiger partial charge in [-0.3, -0.25) is 4.79 Å². The van der Waals surface area contributed by atoms with Crippen molar-refractivity contribution in [2.45, 2.75) is 37.6 Å². The maximum absolute atomic E-state index is 12.3. The molecule has 0 spiro atoms. The predicted octanol–water partition coefficient (Wildman–Crippen LogP) is 4.17. The fourth-order valence-corrected chi connectivity index (χ4v) is 4.39. The Morgan fingerprint density at radius 2 is 1.56 bits per heavy atom. The zero-order valence-corrected chi connectivity index (χ0v) is 15.1. The summed E-state index contributed by atoms with van der Waals surface area (Å²) in [6.07, 6.45) is 2.57. The lowest BCUT2D eigenvalue weighted by molar-refractivity contribution is -0.143. The van der Waals surface area contributed by atoms with Gasteiger partial charge in [0.1, 0.15) is 6.61 Å². The van der Waals surface area contributed by atoms with Gasteiger partial charge in [-0.15, -0.1) is 0 Å². The number of amides is 1. The first-order chi connectivity index (χ1) is 13.1. The van der Waals surface area contributed by atoms with Gasteiger partial charge in [-0.05, 0) is 35.1 Å². The fourth-order valence-electron chi connectivity index (χ4n) is 4.39. The molecular weight excluding hydrogens is 342 g/mol. The zero-order chi connectivity index (χ0) is 18.8. The number of hydrogen-bond acceptors (Lipinski definition) is 3. The summed E-state index contributed by atoms with van der Waals surface area (Å²) in [6.45, 7) is 0.240. The van der Waals surface area contributed by atoms with E-state index in [4.69, 9.17) is 4.74 Å². The van der Waals surface area contributed by atoms with Gasteiger partial charge in [0.05, 0.1) is 5.92 Å². The standard InChI is InChI=1S/C22H23NO4/c24-21(25)18-11-5-6-12-20(18)23-22(26)27-13-19-16-9-3-1-7-14(16)15-8-2-4-10-17(15)19/h1-4,7-10,18-20H,5-6,11-13H2,(H,23,26)(H,24,25)/t18-,20-/m0/s1. The number of carboxylic acids is 1. The topological polar surface area (TPSA) is 75.6 Å². The number of alkyl carbamates (subject to hydrolysis) is 1. The van der Waals surface area contributed by atoms with E-state index in [-0.39, 0.29) is 18.6 Å². The molecule has 1 fully saturated rings. The van der Waals surface area contributed by atoms with Crippen LogP contribution in [-0.4, -0.2) is 29.8 Å². The normalized spacial score (nSPS) is 21.2. The van der Waals surface area contributed by atoms with E-state index in [1.54, 1.807) is 0 Å². The van der Waals surface area contributed by atoms with Gasteiger partial charge in [0.15, 0.2) is 0 Å². The lowest BCUT2D eigenvalue weighted by atomic mass is 9.84. The lowest BCUT2D eigenvalue weighted by Crippen LogP contribution is -2.45. The third-order valence-corrected chi connectivity index (χ3v) is 5.73. The SMILES string of the molecule is O=C(N[C@H]1CCCC[C@@H]1C(=O)O)OCC1c2ccccc2-c2ccccc21. The maximum atomic E-state index is 12.3. The molecule has 0 aliphatic heterocycles. The summed E-state index contributed by atoms with van der Waals surface area (Å²) in [5, 5.41) is 12.1. The van der Waals surface area contributed by atoms with Crippen molar-refractivity contribution in [3.8, 4) is 11.1 Å². The number of carboxylic acid groups (broad SMARTS) is 1. The van der Waals surface area contributed by atoms with E-state index >= 15 is 0 Å². The van der Waals surface area contributed by atoms with Crippen LogP contribution in [0.5, 0.6) is 0 Å². The fraction of sp³-hybridized carbons (Fsp3) is 0.364. The van der Waals surface area contributed by atoms with E-state index in [2.05, 4.69) is 29.6 Å². The second-order valence-corrected chi connectivity index (χ2v) is 7.31. The van der Waals surface area contributed by atoms with Gasteiger partial charge in [-0.25, -0.2) is 4.79 Å². The zero-order valence-electron chi connectivity index (χ0n) is 15.1. The molecular formula is C22H23NO4. The van der Waals surface area contributed by atoms with E-state index in [1.165, 1.54) is 11.1 Å². The molecule has 4 rings (SSSR count). The highest BCUT2D eigenvalue weighted by atomic mass is 16.5. The molecule has 5 heteroatoms. The van der Waals surface area contributed by atoms with E-state index in [1.807, 2.05) is 24.3 Å². The molecule has 1 saturated carbocycles. The average Bonchev–Trinajstić information content (AvgIpc) is 3.00. The highest BCUT2D eigenvalue weighted by Crippen LogP contribution is 2.44. The summed E-state index contributed by atoms with van der Waals surface area (Å²) in [6, 6.07) is 16.0. The molecule has 0 radical (unpaired) electrons. The van der Waals surface area contributed by atoms with Gasteiger partial charge in [0, 0.05) is 12.0 Å². The van der Waals surface area contributed by atoms with Crippen LogP contribution in [0.3, 0.4) is 0 Å². The molecule has 1 amide bonds. The highest BCUT2D eigenvalue weighted by molar-refractivity contribution is 5.79. The molecule has 0 bridgehead atoms. The number of carbonyl (C=O) groups excluding carboxylic acids is 1. The first-order valence-electron chi connectivity index (χ1n) is 9.49. The largest absolute Gasteiger partial charge is 0.481 e. The molecule has 2 aromatic rings. The van der Waals surface area contributed by atoms with Gasteiger partial charge >= 0.3 is 12.1 Å². The number of fused-ring (bicyclic) bond motifs is 3. The summed E-state index contributed by atoms with van der Waals surface area (Å²) in [5.41, 5.74) is 4.68. The van der Waals surface area contributed by atoms with Gasteiger partial charge in [-0.2, -0.15) is 0 Å². The molecule has 27 heavy (non-hydrogen) atoms. The third-order valence-electron chi connectivity index (χ3n) is 5.73. The van der Waals surface area contributed by atoms with Crippen LogP contribution in [0.2, 0.25) is 0 Å². The van der Waals surface area contributed by atoms with Gasteiger partial charge in [0.2, 0.25) is 0 Å². The van der Waals surface area contributed by atoms with Crippen LogP contribution >= 0.6 is 0 Å². The second kappa shape index (κ2) is 7.43. The molecule has 0 heterocycles. The van der Waals surface area contributed by atoms with Crippen LogP contribution in [0.15, 0.2) is 48.5 Å². The van der Waals surface area contributed by atoms with Crippen LogP contribution in [0, 0.1) is 5.92 Å². The van der Waals surface area contributed by atoms with Crippen molar-refractivity contribution < 1.29 is 19.4 Å². The number of ether oxygens (including phenoxy) is 1. The predicted molar refractivity (Wildman–Crippen MR) is 102 cm³/mol. The average molecular weight is 365 g/mol. The number of rotatable bonds is 4. The molecule has 5 nitrogen and oxygen atoms in total. The van der Waals surface area contributed by atoms with Gasteiger partial charge in [-0.1, -0.05) is 61.4 Å². The summed E-state index contributed by atoms with van der Waals surface area (Å²) < 4.78 is 5.53. The molecule has 2 N–H and O–H groups in total.